The number of anilines is 2. The van der Waals surface area contributed by atoms with Crippen LogP contribution in [0.1, 0.15) is 64.6 Å². The van der Waals surface area contributed by atoms with Gasteiger partial charge in [0.15, 0.2) is 5.82 Å². The van der Waals surface area contributed by atoms with Crippen molar-refractivity contribution >= 4 is 72.2 Å². The maximum absolute atomic E-state index is 12.3. The average molecular weight is 773 g/mol. The summed E-state index contributed by atoms with van der Waals surface area (Å²) in [7, 11) is -6.84. The zero-order valence-corrected chi connectivity index (χ0v) is 31.3. The standard InChI is InChI=1S/C31H39Cl2N7O8S2/c1-20(41)35-27-16-21(39(12-6-8-14-49(42,43)44)13-7-9-15-50(45,46)47)10-11-26(27)36-37-30-23(19-34)29(31(2,3)4)38-40(30)28-24(32)17-22(48-5)18-25(28)33/h10-11,16-18H,6-9,12-15H2,1-5H3,(H,35,41)(H,42,43,44)(H,45,46,47). The highest BCUT2D eigenvalue weighted by Gasteiger charge is 2.29. The van der Waals surface area contributed by atoms with Gasteiger partial charge in [-0.2, -0.15) is 27.2 Å². The van der Waals surface area contributed by atoms with Crippen molar-refractivity contribution in [1.29, 1.82) is 5.26 Å². The molecule has 0 bridgehead atoms. The molecule has 3 rings (SSSR count). The third-order valence-electron chi connectivity index (χ3n) is 7.19. The largest absolute Gasteiger partial charge is 0.497 e. The molecule has 0 aliphatic carbocycles. The summed E-state index contributed by atoms with van der Waals surface area (Å²) in [5, 5.41) is 26.8. The summed E-state index contributed by atoms with van der Waals surface area (Å²) in [6.45, 7) is 7.59. The first-order valence-corrected chi connectivity index (χ1v) is 19.3. The number of carbonyl (C=O) groups excluding carboxylic acids is 1. The number of carbonyl (C=O) groups is 1. The Labute approximate surface area is 301 Å². The number of ether oxygens (including phenoxy) is 1. The first-order valence-electron chi connectivity index (χ1n) is 15.3. The van der Waals surface area contributed by atoms with Gasteiger partial charge in [0.2, 0.25) is 5.91 Å². The summed E-state index contributed by atoms with van der Waals surface area (Å²) >= 11 is 13.2. The highest BCUT2D eigenvalue weighted by Crippen LogP contribution is 2.40. The summed E-state index contributed by atoms with van der Waals surface area (Å²) < 4.78 is 69.7. The summed E-state index contributed by atoms with van der Waals surface area (Å²) in [6.07, 6.45) is 1.06. The molecule has 19 heteroatoms. The smallest absolute Gasteiger partial charge is 0.264 e. The molecule has 1 amide bonds. The Balaban J connectivity index is 2.10. The van der Waals surface area contributed by atoms with E-state index < -0.39 is 43.1 Å². The minimum absolute atomic E-state index is 0.0311. The Morgan fingerprint density at radius 1 is 1.00 bits per heavy atom. The van der Waals surface area contributed by atoms with Crippen molar-refractivity contribution in [2.45, 2.75) is 58.8 Å². The van der Waals surface area contributed by atoms with Crippen molar-refractivity contribution < 1.29 is 35.5 Å². The zero-order chi connectivity index (χ0) is 37.4. The first kappa shape index (κ1) is 40.6. The van der Waals surface area contributed by atoms with E-state index in [-0.39, 0.29) is 51.3 Å². The predicted molar refractivity (Wildman–Crippen MR) is 192 cm³/mol. The molecule has 0 aliphatic heterocycles. The molecule has 1 aromatic heterocycles. The lowest BCUT2D eigenvalue weighted by atomic mass is 9.90. The molecule has 0 spiro atoms. The van der Waals surface area contributed by atoms with Gasteiger partial charge >= 0.3 is 0 Å². The Hall–Kier alpha value is -3.79. The average Bonchev–Trinajstić information content (AvgIpc) is 3.36. The number of nitrogens with zero attached hydrogens (tertiary/aromatic N) is 6. The Kier molecular flexibility index (Phi) is 13.8. The summed E-state index contributed by atoms with van der Waals surface area (Å²) in [5.41, 5.74) is 1.23. The lowest BCUT2D eigenvalue weighted by Gasteiger charge is -2.26. The fourth-order valence-corrected chi connectivity index (χ4v) is 6.66. The van der Waals surface area contributed by atoms with E-state index in [1.54, 1.807) is 30.3 Å². The van der Waals surface area contributed by atoms with Gasteiger partial charge < -0.3 is 15.0 Å². The molecule has 15 nitrogen and oxygen atoms in total. The van der Waals surface area contributed by atoms with E-state index in [2.05, 4.69) is 26.7 Å². The third-order valence-corrected chi connectivity index (χ3v) is 9.38. The van der Waals surface area contributed by atoms with Crippen LogP contribution in [0.5, 0.6) is 5.75 Å². The van der Waals surface area contributed by atoms with E-state index in [9.17, 15) is 26.9 Å². The van der Waals surface area contributed by atoms with Crippen molar-refractivity contribution in [3.8, 4) is 17.5 Å². The van der Waals surface area contributed by atoms with Gasteiger partial charge in [0, 0.05) is 43.2 Å². The Morgan fingerprint density at radius 3 is 2.02 bits per heavy atom. The van der Waals surface area contributed by atoms with Crippen LogP contribution in [0.2, 0.25) is 10.0 Å². The summed E-state index contributed by atoms with van der Waals surface area (Å²) in [5.74, 6) is -0.831. The van der Waals surface area contributed by atoms with Gasteiger partial charge in [0.1, 0.15) is 28.8 Å². The van der Waals surface area contributed by atoms with Crippen LogP contribution in [0.4, 0.5) is 22.9 Å². The van der Waals surface area contributed by atoms with Crippen LogP contribution in [0, 0.1) is 11.3 Å². The first-order chi connectivity index (χ1) is 23.2. The van der Waals surface area contributed by atoms with Gasteiger partial charge in [-0.1, -0.05) is 44.0 Å². The lowest BCUT2D eigenvalue weighted by Crippen LogP contribution is -2.26. The van der Waals surface area contributed by atoms with E-state index >= 15 is 0 Å². The van der Waals surface area contributed by atoms with E-state index in [0.29, 0.717) is 43.1 Å². The second kappa shape index (κ2) is 16.9. The number of aromatic nitrogens is 2. The number of nitrogens with one attached hydrogen (secondary N) is 1. The number of nitriles is 1. The fraction of sp³-hybridized carbons (Fsp3) is 0.452. The van der Waals surface area contributed by atoms with Crippen molar-refractivity contribution in [3.05, 3.63) is 51.6 Å². The number of hydrogen-bond donors (Lipinski definition) is 3. The van der Waals surface area contributed by atoms with Crippen LogP contribution in [-0.4, -0.2) is 73.3 Å². The van der Waals surface area contributed by atoms with Crippen molar-refractivity contribution in [1.82, 2.24) is 9.78 Å². The number of rotatable bonds is 16. The van der Waals surface area contributed by atoms with Crippen LogP contribution < -0.4 is 15.0 Å². The molecule has 3 aromatic rings. The second-order valence-electron chi connectivity index (χ2n) is 12.3. The lowest BCUT2D eigenvalue weighted by molar-refractivity contribution is -0.114. The molecule has 0 unspecified atom stereocenters. The van der Waals surface area contributed by atoms with E-state index in [0.717, 1.165) is 0 Å². The molecule has 0 saturated heterocycles. The molecule has 1 heterocycles. The van der Waals surface area contributed by atoms with Crippen LogP contribution in [0.15, 0.2) is 40.6 Å². The van der Waals surface area contributed by atoms with Gasteiger partial charge in [-0.25, -0.2) is 4.68 Å². The van der Waals surface area contributed by atoms with Gasteiger partial charge in [-0.15, -0.1) is 10.2 Å². The maximum atomic E-state index is 12.3. The number of benzene rings is 2. The minimum Gasteiger partial charge on any atom is -0.497 e. The molecule has 0 radical (unpaired) electrons. The highest BCUT2D eigenvalue weighted by atomic mass is 35.5. The molecule has 3 N–H and O–H groups in total. The number of methoxy groups -OCH3 is 1. The third kappa shape index (κ3) is 11.6. The maximum Gasteiger partial charge on any atom is 0.264 e. The molecule has 0 fully saturated rings. The van der Waals surface area contributed by atoms with E-state index in [4.69, 9.17) is 37.0 Å². The van der Waals surface area contributed by atoms with Gasteiger partial charge in [-0.3, -0.25) is 13.9 Å². The van der Waals surface area contributed by atoms with Gasteiger partial charge in [-0.05, 0) is 43.9 Å². The van der Waals surface area contributed by atoms with Crippen LogP contribution in [0.25, 0.3) is 5.69 Å². The molecule has 272 valence electrons. The second-order valence-corrected chi connectivity index (χ2v) is 16.3. The van der Waals surface area contributed by atoms with Gasteiger partial charge in [0.25, 0.3) is 20.2 Å². The minimum atomic E-state index is -4.15. The highest BCUT2D eigenvalue weighted by molar-refractivity contribution is 7.86. The summed E-state index contributed by atoms with van der Waals surface area (Å²) in [6, 6.07) is 10.1. The Morgan fingerprint density at radius 2 is 1.56 bits per heavy atom. The van der Waals surface area contributed by atoms with Gasteiger partial charge in [0.05, 0.1) is 40.0 Å². The molecule has 2 aromatic carbocycles. The quantitative estimate of drug-likeness (QED) is 0.0775. The van der Waals surface area contributed by atoms with Crippen LogP contribution in [0.3, 0.4) is 0 Å². The number of unbranched alkanes of at least 4 members (excludes halogenated alkanes) is 2. The van der Waals surface area contributed by atoms with E-state index in [1.165, 1.54) is 18.7 Å². The number of hydrogen-bond acceptors (Lipinski definition) is 11. The molecule has 0 aliphatic rings. The number of halogens is 2. The molecular weight excluding hydrogens is 733 g/mol. The topological polar surface area (TPSA) is 217 Å². The SMILES string of the molecule is COc1cc(Cl)c(-n2nc(C(C)(C)C)c(C#N)c2N=Nc2ccc(N(CCCCS(=O)(=O)O)CCCCS(=O)(=O)O)cc2NC(C)=O)c(Cl)c1. The van der Waals surface area contributed by atoms with Crippen molar-refractivity contribution in [2.24, 2.45) is 10.2 Å². The molecule has 50 heavy (non-hydrogen) atoms. The number of azo groups is 1. The van der Waals surface area contributed by atoms with Crippen molar-refractivity contribution in [3.63, 3.8) is 0 Å². The van der Waals surface area contributed by atoms with E-state index in [1.807, 2.05) is 25.7 Å². The monoisotopic (exact) mass is 771 g/mol. The molecular formula is C31H39Cl2N7O8S2. The normalized spacial score (nSPS) is 12.2. The molecule has 0 saturated carbocycles. The zero-order valence-electron chi connectivity index (χ0n) is 28.1. The van der Waals surface area contributed by atoms with Crippen LogP contribution >= 0.6 is 23.2 Å². The predicted octanol–water partition coefficient (Wildman–Crippen LogP) is 6.87. The summed E-state index contributed by atoms with van der Waals surface area (Å²) in [4.78, 5) is 14.1. The Bertz CT molecular complexity index is 1940. The fourth-order valence-electron chi connectivity index (χ4n) is 4.89. The molecule has 0 atom stereocenters. The van der Waals surface area contributed by atoms with Crippen LogP contribution in [-0.2, 0) is 30.4 Å². The number of amides is 1. The van der Waals surface area contributed by atoms with Crippen molar-refractivity contribution in [2.75, 3.05) is 41.9 Å².